The van der Waals surface area contributed by atoms with Crippen molar-refractivity contribution >= 4 is 21.6 Å². The van der Waals surface area contributed by atoms with Gasteiger partial charge in [0.05, 0.1) is 31.4 Å². The van der Waals surface area contributed by atoms with Gasteiger partial charge >= 0.3 is 0 Å². The number of benzene rings is 3. The lowest BCUT2D eigenvalue weighted by Crippen LogP contribution is -2.01. The third-order valence-corrected chi connectivity index (χ3v) is 6.20. The highest BCUT2D eigenvalue weighted by Gasteiger charge is 2.16. The minimum Gasteiger partial charge on any atom is -0.249 e. The van der Waals surface area contributed by atoms with Crippen LogP contribution in [0, 0.1) is 0 Å². The van der Waals surface area contributed by atoms with Gasteiger partial charge in [-0.05, 0) is 36.4 Å². The van der Waals surface area contributed by atoms with Crippen molar-refractivity contribution < 1.29 is 8.42 Å². The topological polar surface area (TPSA) is 34.1 Å². The molecule has 2 atom stereocenters. The zero-order chi connectivity index (χ0) is 15.4. The average molecular weight is 326 g/mol. The summed E-state index contributed by atoms with van der Waals surface area (Å²) >= 11 is 0. The molecular formula is C18H14O2S2. The minimum absolute atomic E-state index is 0.593. The maximum atomic E-state index is 12.8. The number of rotatable bonds is 4. The summed E-state index contributed by atoms with van der Waals surface area (Å²) in [7, 11) is -2.69. The van der Waals surface area contributed by atoms with Crippen LogP contribution in [0.4, 0.5) is 0 Å². The Hall–Kier alpha value is -2.04. The van der Waals surface area contributed by atoms with Crippen LogP contribution < -0.4 is 0 Å². The molecule has 2 unspecified atom stereocenters. The zero-order valence-corrected chi connectivity index (χ0v) is 13.3. The zero-order valence-electron chi connectivity index (χ0n) is 11.7. The summed E-state index contributed by atoms with van der Waals surface area (Å²) in [5.74, 6) is 0. The van der Waals surface area contributed by atoms with Gasteiger partial charge in [0.25, 0.3) is 0 Å². The first-order valence-corrected chi connectivity index (χ1v) is 9.10. The summed E-state index contributed by atoms with van der Waals surface area (Å²) in [6, 6.07) is 25.6. The van der Waals surface area contributed by atoms with Crippen LogP contribution in [0.15, 0.2) is 105 Å². The average Bonchev–Trinajstić information content (AvgIpc) is 2.62. The van der Waals surface area contributed by atoms with Crippen molar-refractivity contribution in [2.75, 3.05) is 0 Å². The van der Waals surface area contributed by atoms with Gasteiger partial charge < -0.3 is 0 Å². The van der Waals surface area contributed by atoms with Crippen molar-refractivity contribution in [2.45, 2.75) is 19.6 Å². The molecule has 0 amide bonds. The van der Waals surface area contributed by atoms with Crippen molar-refractivity contribution in [1.82, 2.24) is 0 Å². The van der Waals surface area contributed by atoms with Crippen LogP contribution in [-0.2, 0) is 21.6 Å². The van der Waals surface area contributed by atoms with Gasteiger partial charge in [0.15, 0.2) is 0 Å². The fourth-order valence-corrected chi connectivity index (χ4v) is 4.78. The molecule has 0 aliphatic heterocycles. The lowest BCUT2D eigenvalue weighted by molar-refractivity contribution is 0.674. The molecule has 0 aromatic heterocycles. The third-order valence-electron chi connectivity index (χ3n) is 3.16. The molecule has 3 aromatic rings. The molecule has 4 heteroatoms. The van der Waals surface area contributed by atoms with Crippen molar-refractivity contribution in [3.63, 3.8) is 0 Å². The highest BCUT2D eigenvalue weighted by molar-refractivity contribution is 7.88. The Morgan fingerprint density at radius 1 is 0.455 bits per heavy atom. The highest BCUT2D eigenvalue weighted by atomic mass is 32.2. The van der Waals surface area contributed by atoms with Crippen molar-refractivity contribution in [3.05, 3.63) is 84.9 Å². The Kier molecular flexibility index (Phi) is 4.61. The smallest absolute Gasteiger partial charge is 0.0862 e. The van der Waals surface area contributed by atoms with Crippen LogP contribution in [0.3, 0.4) is 0 Å². The Morgan fingerprint density at radius 3 is 1.14 bits per heavy atom. The molecule has 0 spiro atoms. The Labute approximate surface area is 134 Å². The molecule has 0 heterocycles. The first kappa shape index (κ1) is 14.9. The SMILES string of the molecule is O=S(c1ccccc1)c1ccccc1S(=O)c1ccccc1. The molecule has 0 aliphatic rings. The van der Waals surface area contributed by atoms with Gasteiger partial charge in [0, 0.05) is 9.79 Å². The van der Waals surface area contributed by atoms with Gasteiger partial charge in [-0.15, -0.1) is 0 Å². The summed E-state index contributed by atoms with van der Waals surface area (Å²) < 4.78 is 25.6. The lowest BCUT2D eigenvalue weighted by Gasteiger charge is -2.09. The van der Waals surface area contributed by atoms with E-state index in [1.165, 1.54) is 0 Å². The Bertz CT molecular complexity index is 744. The summed E-state index contributed by atoms with van der Waals surface area (Å²) in [5.41, 5.74) is 0. The second-order valence-electron chi connectivity index (χ2n) is 4.61. The maximum Gasteiger partial charge on any atom is 0.0862 e. The van der Waals surface area contributed by atoms with E-state index in [9.17, 15) is 8.42 Å². The second kappa shape index (κ2) is 6.81. The van der Waals surface area contributed by atoms with Crippen LogP contribution in [-0.4, -0.2) is 8.42 Å². The first-order chi connectivity index (χ1) is 10.8. The first-order valence-electron chi connectivity index (χ1n) is 6.80. The van der Waals surface area contributed by atoms with E-state index in [-0.39, 0.29) is 0 Å². The number of hydrogen-bond donors (Lipinski definition) is 0. The molecule has 3 rings (SSSR count). The molecule has 110 valence electrons. The largest absolute Gasteiger partial charge is 0.249 e. The van der Waals surface area contributed by atoms with Gasteiger partial charge in [0.1, 0.15) is 0 Å². The molecule has 0 fully saturated rings. The maximum absolute atomic E-state index is 12.8. The molecule has 3 aromatic carbocycles. The number of hydrogen-bond acceptors (Lipinski definition) is 2. The molecule has 0 aliphatic carbocycles. The van der Waals surface area contributed by atoms with Crippen LogP contribution >= 0.6 is 0 Å². The van der Waals surface area contributed by atoms with Gasteiger partial charge in [-0.2, -0.15) is 0 Å². The second-order valence-corrected chi connectivity index (χ2v) is 7.51. The van der Waals surface area contributed by atoms with Crippen molar-refractivity contribution in [1.29, 1.82) is 0 Å². The van der Waals surface area contributed by atoms with Crippen molar-refractivity contribution in [3.8, 4) is 0 Å². The van der Waals surface area contributed by atoms with Crippen molar-refractivity contribution in [2.24, 2.45) is 0 Å². The molecule has 0 saturated carbocycles. The third kappa shape index (κ3) is 3.08. The van der Waals surface area contributed by atoms with E-state index in [0.717, 1.165) is 0 Å². The monoisotopic (exact) mass is 326 g/mol. The summed E-state index contributed by atoms with van der Waals surface area (Å²) in [6.07, 6.45) is 0. The Morgan fingerprint density at radius 2 is 0.773 bits per heavy atom. The molecular weight excluding hydrogens is 312 g/mol. The fraction of sp³-hybridized carbons (Fsp3) is 0. The predicted molar refractivity (Wildman–Crippen MR) is 88.7 cm³/mol. The van der Waals surface area contributed by atoms with Crippen LogP contribution in [0.2, 0.25) is 0 Å². The van der Waals surface area contributed by atoms with Crippen LogP contribution in [0.1, 0.15) is 0 Å². The van der Waals surface area contributed by atoms with E-state index in [2.05, 4.69) is 0 Å². The summed E-state index contributed by atoms with van der Waals surface area (Å²) in [6.45, 7) is 0. The molecule has 0 N–H and O–H groups in total. The van der Waals surface area contributed by atoms with Crippen LogP contribution in [0.25, 0.3) is 0 Å². The van der Waals surface area contributed by atoms with Crippen LogP contribution in [0.5, 0.6) is 0 Å². The highest BCUT2D eigenvalue weighted by Crippen LogP contribution is 2.25. The van der Waals surface area contributed by atoms with E-state index < -0.39 is 21.6 Å². The molecule has 22 heavy (non-hydrogen) atoms. The van der Waals surface area contributed by atoms with E-state index >= 15 is 0 Å². The quantitative estimate of drug-likeness (QED) is 0.726. The fourth-order valence-electron chi connectivity index (χ4n) is 2.10. The van der Waals surface area contributed by atoms with Gasteiger partial charge in [-0.1, -0.05) is 48.5 Å². The van der Waals surface area contributed by atoms with Gasteiger partial charge in [0.2, 0.25) is 0 Å². The minimum atomic E-state index is -1.35. The molecule has 0 saturated heterocycles. The normalized spacial score (nSPS) is 13.5. The molecule has 2 nitrogen and oxygen atoms in total. The van der Waals surface area contributed by atoms with Gasteiger partial charge in [-0.25, -0.2) is 8.42 Å². The van der Waals surface area contributed by atoms with E-state index in [4.69, 9.17) is 0 Å². The predicted octanol–water partition coefficient (Wildman–Crippen LogP) is 4.02. The summed E-state index contributed by atoms with van der Waals surface area (Å²) in [5, 5.41) is 0. The Balaban J connectivity index is 2.04. The molecule has 0 bridgehead atoms. The lowest BCUT2D eigenvalue weighted by atomic mass is 10.4. The standard InChI is InChI=1S/C18H14O2S2/c19-21(15-9-3-1-4-10-15)17-13-7-8-14-18(17)22(20)16-11-5-2-6-12-16/h1-14H. The van der Waals surface area contributed by atoms with Gasteiger partial charge in [-0.3, -0.25) is 0 Å². The van der Waals surface area contributed by atoms with E-state index in [0.29, 0.717) is 19.6 Å². The summed E-state index contributed by atoms with van der Waals surface area (Å²) in [4.78, 5) is 2.60. The van der Waals surface area contributed by atoms with E-state index in [1.54, 1.807) is 12.1 Å². The van der Waals surface area contributed by atoms with E-state index in [1.807, 2.05) is 72.8 Å². The molecule has 0 radical (unpaired) electrons.